The minimum Gasteiger partial charge on any atom is -0.324 e. The lowest BCUT2D eigenvalue weighted by molar-refractivity contribution is -0.384. The van der Waals surface area contributed by atoms with Crippen molar-refractivity contribution in [1.82, 2.24) is 4.90 Å². The van der Waals surface area contributed by atoms with Gasteiger partial charge in [0.05, 0.1) is 15.7 Å². The topological polar surface area (TPSA) is 92.5 Å². The zero-order valence-corrected chi connectivity index (χ0v) is 17.5. The molecule has 0 radical (unpaired) electrons. The van der Waals surface area contributed by atoms with Gasteiger partial charge in [-0.1, -0.05) is 36.4 Å². The van der Waals surface area contributed by atoms with Crippen LogP contribution in [0.3, 0.4) is 0 Å². The molecule has 8 heteroatoms. The lowest BCUT2D eigenvalue weighted by Crippen LogP contribution is -2.51. The van der Waals surface area contributed by atoms with Crippen LogP contribution >= 0.6 is 11.3 Å². The van der Waals surface area contributed by atoms with E-state index in [1.807, 2.05) is 47.7 Å². The highest BCUT2D eigenvalue weighted by Crippen LogP contribution is 2.55. The number of thiophene rings is 1. The Kier molecular flexibility index (Phi) is 4.49. The summed E-state index contributed by atoms with van der Waals surface area (Å²) in [5, 5.41) is 16.2. The monoisotopic (exact) mass is 433 g/mol. The number of benzene rings is 2. The number of non-ortho nitro benzene ring substituents is 1. The van der Waals surface area contributed by atoms with Crippen molar-refractivity contribution in [2.45, 2.75) is 11.5 Å². The summed E-state index contributed by atoms with van der Waals surface area (Å²) in [5.41, 5.74) is 0.950. The Morgan fingerprint density at radius 3 is 2.74 bits per heavy atom. The largest absolute Gasteiger partial charge is 0.324 e. The zero-order chi connectivity index (χ0) is 21.8. The number of hydrogen-bond donors (Lipinski definition) is 1. The molecule has 1 saturated heterocycles. The first-order valence-corrected chi connectivity index (χ1v) is 10.8. The third-order valence-electron chi connectivity index (χ3n) is 6.41. The zero-order valence-electron chi connectivity index (χ0n) is 16.6. The number of carbonyl (C=O) groups excluding carboxylic acids is 2. The Labute approximate surface area is 182 Å². The van der Waals surface area contributed by atoms with Gasteiger partial charge in [0, 0.05) is 35.8 Å². The van der Waals surface area contributed by atoms with Gasteiger partial charge in [-0.15, -0.1) is 11.3 Å². The number of fused-ring (bicyclic) bond motifs is 2. The van der Waals surface area contributed by atoms with Crippen molar-refractivity contribution in [2.24, 2.45) is 5.92 Å². The maximum absolute atomic E-state index is 13.8. The summed E-state index contributed by atoms with van der Waals surface area (Å²) in [4.78, 5) is 40.8. The smallest absolute Gasteiger partial charge is 0.269 e. The van der Waals surface area contributed by atoms with Gasteiger partial charge in [0.25, 0.3) is 5.69 Å². The lowest BCUT2D eigenvalue weighted by Gasteiger charge is -2.35. The molecule has 31 heavy (non-hydrogen) atoms. The second-order valence-corrected chi connectivity index (χ2v) is 8.87. The SMILES string of the molecule is CN1C[C@H](c2cccc([N+](=O)[O-])c2)[C@@H](C(=O)c2cccs2)[C@]12C(=O)Nc1ccccc12. The van der Waals surface area contributed by atoms with E-state index < -0.39 is 16.4 Å². The van der Waals surface area contributed by atoms with Crippen LogP contribution < -0.4 is 5.32 Å². The number of nitrogens with one attached hydrogen (secondary N) is 1. The van der Waals surface area contributed by atoms with Crippen molar-refractivity contribution in [3.05, 3.63) is 92.2 Å². The second-order valence-electron chi connectivity index (χ2n) is 7.92. The van der Waals surface area contributed by atoms with E-state index in [1.54, 1.807) is 18.2 Å². The Morgan fingerprint density at radius 2 is 2.00 bits per heavy atom. The van der Waals surface area contributed by atoms with Gasteiger partial charge in [-0.3, -0.25) is 24.6 Å². The average Bonchev–Trinajstić information content (AvgIpc) is 3.47. The minimum atomic E-state index is -1.17. The van der Waals surface area contributed by atoms with Gasteiger partial charge in [-0.2, -0.15) is 0 Å². The Hall–Kier alpha value is -3.36. The van der Waals surface area contributed by atoms with Crippen LogP contribution in [-0.4, -0.2) is 35.1 Å². The highest BCUT2D eigenvalue weighted by Gasteiger charge is 2.64. The number of likely N-dealkylation sites (N-methyl/N-ethyl adjacent to an activating group) is 1. The third kappa shape index (κ3) is 2.75. The Bertz CT molecular complexity index is 1210. The van der Waals surface area contributed by atoms with Gasteiger partial charge in [0.1, 0.15) is 5.54 Å². The van der Waals surface area contributed by atoms with Crippen molar-refractivity contribution in [3.8, 4) is 0 Å². The van der Waals surface area contributed by atoms with Crippen LogP contribution in [0.1, 0.15) is 26.7 Å². The maximum atomic E-state index is 13.8. The van der Waals surface area contributed by atoms with Crippen molar-refractivity contribution in [3.63, 3.8) is 0 Å². The number of nitrogens with zero attached hydrogens (tertiary/aromatic N) is 2. The van der Waals surface area contributed by atoms with Gasteiger partial charge in [0.2, 0.25) is 5.91 Å². The fourth-order valence-corrected chi connectivity index (χ4v) is 5.84. The summed E-state index contributed by atoms with van der Waals surface area (Å²) in [5.74, 6) is -1.46. The number of rotatable bonds is 4. The average molecular weight is 433 g/mol. The molecule has 1 spiro atoms. The highest BCUT2D eigenvalue weighted by atomic mass is 32.1. The number of amides is 1. The molecule has 1 amide bonds. The van der Waals surface area contributed by atoms with Crippen molar-refractivity contribution >= 4 is 34.4 Å². The van der Waals surface area contributed by atoms with E-state index in [-0.39, 0.29) is 23.3 Å². The predicted octanol–water partition coefficient (Wildman–Crippen LogP) is 4.03. The van der Waals surface area contributed by atoms with E-state index >= 15 is 0 Å². The fraction of sp³-hybridized carbons (Fsp3) is 0.217. The number of nitro benzene ring substituents is 1. The van der Waals surface area contributed by atoms with Gasteiger partial charge < -0.3 is 5.32 Å². The van der Waals surface area contributed by atoms with Crippen LogP contribution in [0.2, 0.25) is 0 Å². The molecule has 1 fully saturated rings. The minimum absolute atomic E-state index is 0.0281. The lowest BCUT2D eigenvalue weighted by atomic mass is 9.71. The number of para-hydroxylation sites is 1. The Morgan fingerprint density at radius 1 is 1.19 bits per heavy atom. The van der Waals surface area contributed by atoms with E-state index in [9.17, 15) is 19.7 Å². The number of ketones is 1. The number of anilines is 1. The van der Waals surface area contributed by atoms with Crippen LogP contribution in [-0.2, 0) is 10.3 Å². The number of Topliss-reactive ketones (excluding diaryl/α,β-unsaturated/α-hetero) is 1. The van der Waals surface area contributed by atoms with E-state index in [0.29, 0.717) is 22.7 Å². The number of nitro groups is 1. The van der Waals surface area contributed by atoms with Crippen LogP contribution in [0.25, 0.3) is 0 Å². The second kappa shape index (κ2) is 7.11. The predicted molar refractivity (Wildman–Crippen MR) is 117 cm³/mol. The highest BCUT2D eigenvalue weighted by molar-refractivity contribution is 7.12. The molecule has 3 atom stereocenters. The van der Waals surface area contributed by atoms with E-state index in [4.69, 9.17) is 0 Å². The van der Waals surface area contributed by atoms with Gasteiger partial charge in [0.15, 0.2) is 5.78 Å². The molecule has 1 aromatic heterocycles. The molecule has 156 valence electrons. The molecule has 0 saturated carbocycles. The van der Waals surface area contributed by atoms with Crippen LogP contribution in [0.15, 0.2) is 66.0 Å². The van der Waals surface area contributed by atoms with Gasteiger partial charge in [-0.05, 0) is 30.1 Å². The summed E-state index contributed by atoms with van der Waals surface area (Å²) in [7, 11) is 1.84. The third-order valence-corrected chi connectivity index (χ3v) is 7.30. The summed E-state index contributed by atoms with van der Waals surface area (Å²) in [6.07, 6.45) is 0. The van der Waals surface area contributed by atoms with Gasteiger partial charge >= 0.3 is 0 Å². The molecule has 3 heterocycles. The summed E-state index contributed by atoms with van der Waals surface area (Å²) in [6, 6.07) is 17.4. The Balaban J connectivity index is 1.72. The molecule has 2 aliphatic heterocycles. The van der Waals surface area contributed by atoms with Crippen molar-refractivity contribution in [1.29, 1.82) is 0 Å². The molecule has 3 aromatic rings. The van der Waals surface area contributed by atoms with E-state index in [1.165, 1.54) is 23.5 Å². The van der Waals surface area contributed by atoms with E-state index in [2.05, 4.69) is 5.32 Å². The number of carbonyl (C=O) groups is 2. The van der Waals surface area contributed by atoms with Crippen LogP contribution in [0, 0.1) is 16.0 Å². The molecule has 1 N–H and O–H groups in total. The maximum Gasteiger partial charge on any atom is 0.269 e. The molecule has 7 nitrogen and oxygen atoms in total. The first-order valence-electron chi connectivity index (χ1n) is 9.89. The molecular formula is C23H19N3O4S. The molecule has 2 aliphatic rings. The molecule has 2 aromatic carbocycles. The van der Waals surface area contributed by atoms with Crippen molar-refractivity contribution < 1.29 is 14.5 Å². The number of likely N-dealkylation sites (tertiary alicyclic amines) is 1. The number of hydrogen-bond acceptors (Lipinski definition) is 6. The van der Waals surface area contributed by atoms with Crippen molar-refractivity contribution in [2.75, 3.05) is 18.9 Å². The quantitative estimate of drug-likeness (QED) is 0.381. The molecule has 5 rings (SSSR count). The summed E-state index contributed by atoms with van der Waals surface area (Å²) in [6.45, 7) is 0.421. The molecule has 0 bridgehead atoms. The fourth-order valence-electron chi connectivity index (χ4n) is 5.14. The first-order chi connectivity index (χ1) is 14.9. The molecule has 0 aliphatic carbocycles. The van der Waals surface area contributed by atoms with Crippen LogP contribution in [0.5, 0.6) is 0 Å². The molecule has 0 unspecified atom stereocenters. The normalized spacial score (nSPS) is 24.9. The summed E-state index contributed by atoms with van der Waals surface area (Å²) >= 11 is 1.34. The molecular weight excluding hydrogens is 414 g/mol. The first kappa shape index (κ1) is 19.6. The standard InChI is InChI=1S/C23H19N3O4S/c1-25-13-16(14-6-4-7-15(12-14)26(29)30)20(21(27)19-10-5-11-31-19)23(25)17-8-2-3-9-18(17)24-22(23)28/h2-12,16,20H,13H2,1H3,(H,24,28)/t16-,20+,23-/m1/s1. The summed E-state index contributed by atoms with van der Waals surface area (Å²) < 4.78 is 0. The van der Waals surface area contributed by atoms with E-state index in [0.717, 1.165) is 5.56 Å². The van der Waals surface area contributed by atoms with Gasteiger partial charge in [-0.25, -0.2) is 0 Å². The van der Waals surface area contributed by atoms with Crippen LogP contribution in [0.4, 0.5) is 11.4 Å².